The topological polar surface area (TPSA) is 78.0 Å². The molecule has 0 aliphatic carbocycles. The molecule has 8 heteroatoms. The third kappa shape index (κ3) is 3.19. The van der Waals surface area contributed by atoms with Gasteiger partial charge in [0.2, 0.25) is 11.8 Å². The fourth-order valence-electron chi connectivity index (χ4n) is 6.56. The SMILES string of the molecule is CC[C@@]12C(=O)N(c3cccc(F)c3)C(=O)N1[C@H](c1cccc(C)c1)[C@@H]1C(=O)N(Cc3ccccc3)C(=O)[C@@H]12. The van der Waals surface area contributed by atoms with Crippen LogP contribution in [0, 0.1) is 24.6 Å². The van der Waals surface area contributed by atoms with Gasteiger partial charge in [0.25, 0.3) is 5.91 Å². The summed E-state index contributed by atoms with van der Waals surface area (Å²) in [7, 11) is 0. The van der Waals surface area contributed by atoms with Gasteiger partial charge in [-0.2, -0.15) is 0 Å². The lowest BCUT2D eigenvalue weighted by molar-refractivity contribution is -0.145. The molecule has 3 fully saturated rings. The molecule has 3 aliphatic heterocycles. The van der Waals surface area contributed by atoms with Crippen LogP contribution in [0.4, 0.5) is 14.9 Å². The maximum Gasteiger partial charge on any atom is 0.332 e. The predicted octanol–water partition coefficient (Wildman–Crippen LogP) is 4.61. The second-order valence-corrected chi connectivity index (χ2v) is 10.2. The smallest absolute Gasteiger partial charge is 0.300 e. The Morgan fingerprint density at radius 1 is 0.868 bits per heavy atom. The number of hydrogen-bond donors (Lipinski definition) is 0. The number of halogens is 1. The van der Waals surface area contributed by atoms with Crippen LogP contribution < -0.4 is 4.90 Å². The molecule has 7 nitrogen and oxygen atoms in total. The minimum Gasteiger partial charge on any atom is -0.300 e. The molecule has 5 amide bonds. The molecule has 3 aliphatic rings. The third-order valence-electron chi connectivity index (χ3n) is 8.15. The predicted molar refractivity (Wildman–Crippen MR) is 137 cm³/mol. The van der Waals surface area contributed by atoms with Crippen LogP contribution in [0.3, 0.4) is 0 Å². The molecule has 0 aromatic heterocycles. The lowest BCUT2D eigenvalue weighted by atomic mass is 9.77. The minimum atomic E-state index is -1.57. The number of nitrogens with zero attached hydrogens (tertiary/aromatic N) is 3. The van der Waals surface area contributed by atoms with Gasteiger partial charge in [0.05, 0.1) is 30.1 Å². The minimum absolute atomic E-state index is 0.0849. The lowest BCUT2D eigenvalue weighted by Gasteiger charge is -2.34. The highest BCUT2D eigenvalue weighted by Gasteiger charge is 2.76. The molecule has 4 atom stereocenters. The van der Waals surface area contributed by atoms with E-state index in [1.165, 1.54) is 28.0 Å². The van der Waals surface area contributed by atoms with Gasteiger partial charge >= 0.3 is 6.03 Å². The van der Waals surface area contributed by atoms with E-state index < -0.39 is 53.0 Å². The van der Waals surface area contributed by atoms with E-state index >= 15 is 0 Å². The molecule has 38 heavy (non-hydrogen) atoms. The van der Waals surface area contributed by atoms with E-state index in [2.05, 4.69) is 0 Å². The summed E-state index contributed by atoms with van der Waals surface area (Å²) in [5.41, 5.74) is 0.922. The summed E-state index contributed by atoms with van der Waals surface area (Å²) < 4.78 is 14.1. The molecule has 3 aromatic rings. The summed E-state index contributed by atoms with van der Waals surface area (Å²) in [6, 6.07) is 20.4. The Balaban J connectivity index is 1.53. The van der Waals surface area contributed by atoms with Gasteiger partial charge in [-0.15, -0.1) is 0 Å². The van der Waals surface area contributed by atoms with Gasteiger partial charge in [0.1, 0.15) is 11.4 Å². The molecule has 3 heterocycles. The summed E-state index contributed by atoms with van der Waals surface area (Å²) >= 11 is 0. The molecule has 3 aromatic carbocycles. The van der Waals surface area contributed by atoms with Crippen LogP contribution in [0.2, 0.25) is 0 Å². The lowest BCUT2D eigenvalue weighted by Crippen LogP contribution is -2.53. The van der Waals surface area contributed by atoms with Crippen molar-refractivity contribution in [1.29, 1.82) is 0 Å². The number of aryl methyl sites for hydroxylation is 1. The molecular formula is C30H26FN3O4. The Bertz CT molecular complexity index is 1490. The number of fused-ring (bicyclic) bond motifs is 3. The first-order valence-corrected chi connectivity index (χ1v) is 12.7. The zero-order valence-electron chi connectivity index (χ0n) is 21.0. The van der Waals surface area contributed by atoms with Crippen LogP contribution in [0.15, 0.2) is 78.9 Å². The van der Waals surface area contributed by atoms with E-state index in [4.69, 9.17) is 0 Å². The number of anilines is 1. The van der Waals surface area contributed by atoms with Gasteiger partial charge in [-0.3, -0.25) is 19.3 Å². The van der Waals surface area contributed by atoms with Crippen LogP contribution in [-0.4, -0.2) is 39.1 Å². The largest absolute Gasteiger partial charge is 0.332 e. The fraction of sp³-hybridized carbons (Fsp3) is 0.267. The summed E-state index contributed by atoms with van der Waals surface area (Å²) in [6.07, 6.45) is 0.130. The molecule has 0 spiro atoms. The molecule has 0 radical (unpaired) electrons. The normalized spacial score (nSPS) is 26.4. The number of carbonyl (C=O) groups excluding carboxylic acids is 4. The monoisotopic (exact) mass is 511 g/mol. The maximum absolute atomic E-state index is 14.2. The van der Waals surface area contributed by atoms with E-state index in [0.717, 1.165) is 22.1 Å². The summed E-state index contributed by atoms with van der Waals surface area (Å²) in [5, 5.41) is 0. The van der Waals surface area contributed by atoms with Crippen molar-refractivity contribution in [3.63, 3.8) is 0 Å². The van der Waals surface area contributed by atoms with Gasteiger partial charge in [-0.1, -0.05) is 73.2 Å². The van der Waals surface area contributed by atoms with Crippen molar-refractivity contribution in [1.82, 2.24) is 9.80 Å². The zero-order chi connectivity index (χ0) is 26.8. The van der Waals surface area contributed by atoms with E-state index in [0.29, 0.717) is 5.56 Å². The zero-order valence-corrected chi connectivity index (χ0v) is 21.0. The van der Waals surface area contributed by atoms with Crippen molar-refractivity contribution in [3.05, 3.63) is 101 Å². The van der Waals surface area contributed by atoms with Crippen LogP contribution in [0.5, 0.6) is 0 Å². The standard InChI is InChI=1S/C30H26FN3O4/c1-3-30-24-23(26(35)32(27(24)36)17-19-10-5-4-6-11-19)25(20-12-7-9-18(2)15-20)34(30)29(38)33(28(30)37)22-14-8-13-21(31)16-22/h4-16,23-25H,3,17H2,1-2H3/t23-,24-,25-,30-/m1/s1. The number of hydrogen-bond acceptors (Lipinski definition) is 4. The van der Waals surface area contributed by atoms with Crippen molar-refractivity contribution in [2.75, 3.05) is 4.90 Å². The Morgan fingerprint density at radius 3 is 2.29 bits per heavy atom. The number of benzene rings is 3. The number of likely N-dealkylation sites (tertiary alicyclic amines) is 1. The quantitative estimate of drug-likeness (QED) is 0.370. The molecule has 0 saturated carbocycles. The average molecular weight is 512 g/mol. The first kappa shape index (κ1) is 24.0. The summed E-state index contributed by atoms with van der Waals surface area (Å²) in [5.74, 6) is -4.01. The second kappa shape index (κ2) is 8.62. The fourth-order valence-corrected chi connectivity index (χ4v) is 6.56. The molecule has 3 saturated heterocycles. The summed E-state index contributed by atoms with van der Waals surface area (Å²) in [4.78, 5) is 59.9. The molecule has 192 valence electrons. The molecule has 6 rings (SSSR count). The van der Waals surface area contributed by atoms with Gasteiger partial charge in [0.15, 0.2) is 0 Å². The highest BCUT2D eigenvalue weighted by molar-refractivity contribution is 6.26. The van der Waals surface area contributed by atoms with Crippen LogP contribution in [0.25, 0.3) is 0 Å². The van der Waals surface area contributed by atoms with Gasteiger partial charge < -0.3 is 4.90 Å². The number of imide groups is 2. The van der Waals surface area contributed by atoms with E-state index in [9.17, 15) is 23.6 Å². The first-order valence-electron chi connectivity index (χ1n) is 12.7. The van der Waals surface area contributed by atoms with Crippen molar-refractivity contribution in [2.45, 2.75) is 38.4 Å². The van der Waals surface area contributed by atoms with Crippen molar-refractivity contribution >= 4 is 29.4 Å². The molecule has 0 unspecified atom stereocenters. The number of carbonyl (C=O) groups is 4. The Morgan fingerprint density at radius 2 is 1.61 bits per heavy atom. The first-order chi connectivity index (χ1) is 18.3. The molecular weight excluding hydrogens is 485 g/mol. The van der Waals surface area contributed by atoms with Crippen molar-refractivity contribution < 1.29 is 23.6 Å². The Hall–Kier alpha value is -4.33. The Labute approximate surface area is 219 Å². The van der Waals surface area contributed by atoms with Crippen LogP contribution in [-0.2, 0) is 20.9 Å². The van der Waals surface area contributed by atoms with Crippen molar-refractivity contribution in [2.24, 2.45) is 11.8 Å². The van der Waals surface area contributed by atoms with Gasteiger partial charge in [-0.25, -0.2) is 14.1 Å². The van der Waals surface area contributed by atoms with E-state index in [1.54, 1.807) is 6.92 Å². The second-order valence-electron chi connectivity index (χ2n) is 10.2. The number of urea groups is 1. The Kier molecular flexibility index (Phi) is 5.45. The maximum atomic E-state index is 14.2. The number of rotatable bonds is 5. The van der Waals surface area contributed by atoms with Crippen LogP contribution in [0.1, 0.15) is 36.1 Å². The third-order valence-corrected chi connectivity index (χ3v) is 8.15. The average Bonchev–Trinajstić information content (AvgIpc) is 3.44. The molecule has 0 N–H and O–H groups in total. The molecule has 0 bridgehead atoms. The number of amides is 5. The highest BCUT2D eigenvalue weighted by Crippen LogP contribution is 2.60. The van der Waals surface area contributed by atoms with Gasteiger partial charge in [0, 0.05) is 0 Å². The van der Waals surface area contributed by atoms with Crippen LogP contribution >= 0.6 is 0 Å². The van der Waals surface area contributed by atoms with E-state index in [-0.39, 0.29) is 18.7 Å². The van der Waals surface area contributed by atoms with E-state index in [1.807, 2.05) is 61.5 Å². The highest BCUT2D eigenvalue weighted by atomic mass is 19.1. The van der Waals surface area contributed by atoms with Gasteiger partial charge in [-0.05, 0) is 42.7 Å². The summed E-state index contributed by atoms with van der Waals surface area (Å²) in [6.45, 7) is 3.74. The van der Waals surface area contributed by atoms with Crippen molar-refractivity contribution in [3.8, 4) is 0 Å².